The Bertz CT molecular complexity index is 523. The molecule has 1 aromatic rings. The van der Waals surface area contributed by atoms with Crippen molar-refractivity contribution in [1.82, 2.24) is 0 Å². The summed E-state index contributed by atoms with van der Waals surface area (Å²) in [5.41, 5.74) is 0.387. The number of benzene rings is 1. The molecule has 0 aliphatic heterocycles. The van der Waals surface area contributed by atoms with Gasteiger partial charge < -0.3 is 5.11 Å². The lowest BCUT2D eigenvalue weighted by Gasteiger charge is -2.20. The minimum atomic E-state index is -4.40. The first kappa shape index (κ1) is 16.6. The molecule has 0 heterocycles. The lowest BCUT2D eigenvalue weighted by atomic mass is 9.92. The summed E-state index contributed by atoms with van der Waals surface area (Å²) in [6.07, 6.45) is 2.55. The van der Waals surface area contributed by atoms with E-state index >= 15 is 0 Å². The maximum atomic E-state index is 12.8. The number of allylic oxidation sites excluding steroid dienone is 1. The van der Waals surface area contributed by atoms with Crippen LogP contribution in [0.2, 0.25) is 0 Å². The number of hydrogen-bond donors (Lipinski definition) is 1. The molecule has 21 heavy (non-hydrogen) atoms. The van der Waals surface area contributed by atoms with Crippen molar-refractivity contribution in [3.05, 3.63) is 45.4 Å². The van der Waals surface area contributed by atoms with Gasteiger partial charge in [0.2, 0.25) is 0 Å². The van der Waals surface area contributed by atoms with E-state index in [9.17, 15) is 18.3 Å². The van der Waals surface area contributed by atoms with E-state index in [2.05, 4.69) is 15.9 Å². The van der Waals surface area contributed by atoms with Crippen molar-refractivity contribution in [3.8, 4) is 0 Å². The van der Waals surface area contributed by atoms with Gasteiger partial charge in [-0.15, -0.1) is 0 Å². The van der Waals surface area contributed by atoms with Crippen LogP contribution in [0.25, 0.3) is 0 Å². The molecule has 0 saturated carbocycles. The van der Waals surface area contributed by atoms with E-state index in [-0.39, 0.29) is 5.56 Å². The van der Waals surface area contributed by atoms with Crippen LogP contribution in [0.15, 0.2) is 34.3 Å². The monoisotopic (exact) mass is 362 g/mol. The number of aliphatic hydroxyl groups excluding tert-OH is 1. The van der Waals surface area contributed by atoms with E-state index in [0.29, 0.717) is 4.47 Å². The quantitative estimate of drug-likeness (QED) is 0.660. The lowest BCUT2D eigenvalue weighted by Crippen LogP contribution is -2.09. The third kappa shape index (κ3) is 4.33. The third-order valence-corrected chi connectivity index (χ3v) is 4.52. The Kier molecular flexibility index (Phi) is 5.49. The van der Waals surface area contributed by atoms with Gasteiger partial charge in [-0.1, -0.05) is 34.8 Å². The standard InChI is InChI=1S/C16H18BrF3O/c17-14-9-8-12(16(18,19)20)10-13(14)15(21)11-6-4-2-1-3-5-7-11/h6,8-10,15,21H,1-5,7H2/b11-6+. The van der Waals surface area contributed by atoms with Gasteiger partial charge in [-0.2, -0.15) is 13.2 Å². The fourth-order valence-electron chi connectivity index (χ4n) is 2.59. The summed E-state index contributed by atoms with van der Waals surface area (Å²) in [6.45, 7) is 0. The highest BCUT2D eigenvalue weighted by Gasteiger charge is 2.31. The largest absolute Gasteiger partial charge is 0.416 e. The Morgan fingerprint density at radius 1 is 1.10 bits per heavy atom. The molecule has 1 aromatic carbocycles. The molecule has 116 valence electrons. The molecule has 0 radical (unpaired) electrons. The lowest BCUT2D eigenvalue weighted by molar-refractivity contribution is -0.137. The maximum Gasteiger partial charge on any atom is 0.416 e. The van der Waals surface area contributed by atoms with Crippen LogP contribution in [0.4, 0.5) is 13.2 Å². The van der Waals surface area contributed by atoms with Crippen molar-refractivity contribution in [3.63, 3.8) is 0 Å². The first-order valence-corrected chi connectivity index (χ1v) is 7.92. The number of hydrogen-bond acceptors (Lipinski definition) is 1. The topological polar surface area (TPSA) is 20.2 Å². The average Bonchev–Trinajstić information content (AvgIpc) is 2.36. The summed E-state index contributed by atoms with van der Waals surface area (Å²) >= 11 is 3.24. The summed E-state index contributed by atoms with van der Waals surface area (Å²) in [5, 5.41) is 10.5. The zero-order valence-corrected chi connectivity index (χ0v) is 13.2. The molecule has 1 N–H and O–H groups in total. The molecule has 0 saturated heterocycles. The molecule has 0 spiro atoms. The maximum absolute atomic E-state index is 12.8. The van der Waals surface area contributed by atoms with E-state index in [1.807, 2.05) is 6.08 Å². The Morgan fingerprint density at radius 3 is 2.52 bits per heavy atom. The van der Waals surface area contributed by atoms with Crippen LogP contribution in [0.5, 0.6) is 0 Å². The molecule has 1 unspecified atom stereocenters. The van der Waals surface area contributed by atoms with Crippen LogP contribution < -0.4 is 0 Å². The summed E-state index contributed by atoms with van der Waals surface area (Å²) < 4.78 is 38.9. The van der Waals surface area contributed by atoms with Crippen molar-refractivity contribution in [1.29, 1.82) is 0 Å². The Balaban J connectivity index is 2.31. The molecule has 0 bridgehead atoms. The molecule has 1 nitrogen and oxygen atoms in total. The van der Waals surface area contributed by atoms with E-state index < -0.39 is 17.8 Å². The minimum absolute atomic E-state index is 0.289. The van der Waals surface area contributed by atoms with E-state index in [1.54, 1.807) is 0 Å². The third-order valence-electron chi connectivity index (χ3n) is 3.80. The molecule has 1 aliphatic carbocycles. The van der Waals surface area contributed by atoms with Gasteiger partial charge in [0.1, 0.15) is 6.10 Å². The van der Waals surface area contributed by atoms with Gasteiger partial charge in [-0.3, -0.25) is 0 Å². The van der Waals surface area contributed by atoms with Gasteiger partial charge in [0, 0.05) is 4.47 Å². The molecular weight excluding hydrogens is 345 g/mol. The fourth-order valence-corrected chi connectivity index (χ4v) is 3.06. The number of aliphatic hydroxyl groups is 1. The van der Waals surface area contributed by atoms with Gasteiger partial charge in [-0.25, -0.2) is 0 Å². The van der Waals surface area contributed by atoms with Crippen molar-refractivity contribution in [2.24, 2.45) is 0 Å². The smallest absolute Gasteiger partial charge is 0.384 e. The van der Waals surface area contributed by atoms with Crippen LogP contribution >= 0.6 is 15.9 Å². The summed E-state index contributed by atoms with van der Waals surface area (Å²) in [4.78, 5) is 0. The second-order valence-electron chi connectivity index (χ2n) is 5.37. The highest BCUT2D eigenvalue weighted by molar-refractivity contribution is 9.10. The normalized spacial score (nSPS) is 21.1. The van der Waals surface area contributed by atoms with E-state index in [4.69, 9.17) is 0 Å². The van der Waals surface area contributed by atoms with Crippen LogP contribution in [0.3, 0.4) is 0 Å². The molecule has 0 aromatic heterocycles. The van der Waals surface area contributed by atoms with Crippen molar-refractivity contribution in [2.75, 3.05) is 0 Å². The second kappa shape index (κ2) is 6.97. The molecule has 2 rings (SSSR count). The Morgan fingerprint density at radius 2 is 1.81 bits per heavy atom. The summed E-state index contributed by atoms with van der Waals surface area (Å²) in [6, 6.07) is 3.41. The average molecular weight is 363 g/mol. The predicted molar refractivity (Wildman–Crippen MR) is 79.9 cm³/mol. The van der Waals surface area contributed by atoms with Crippen LogP contribution in [-0.4, -0.2) is 5.11 Å². The van der Waals surface area contributed by atoms with Gasteiger partial charge in [-0.05, 0) is 55.0 Å². The number of halogens is 4. The van der Waals surface area contributed by atoms with Crippen LogP contribution in [0, 0.1) is 0 Å². The van der Waals surface area contributed by atoms with Crippen LogP contribution in [0.1, 0.15) is 55.8 Å². The van der Waals surface area contributed by atoms with E-state index in [1.165, 1.54) is 12.5 Å². The first-order valence-electron chi connectivity index (χ1n) is 7.13. The molecule has 1 aliphatic rings. The van der Waals surface area contributed by atoms with Gasteiger partial charge in [0.15, 0.2) is 0 Å². The molecular formula is C16H18BrF3O. The minimum Gasteiger partial charge on any atom is -0.384 e. The van der Waals surface area contributed by atoms with Crippen molar-refractivity contribution in [2.45, 2.75) is 50.8 Å². The second-order valence-corrected chi connectivity index (χ2v) is 6.22. The molecule has 5 heteroatoms. The molecule has 1 atom stereocenters. The zero-order valence-electron chi connectivity index (χ0n) is 11.6. The van der Waals surface area contributed by atoms with Gasteiger partial charge >= 0.3 is 6.18 Å². The highest BCUT2D eigenvalue weighted by atomic mass is 79.9. The van der Waals surface area contributed by atoms with Crippen molar-refractivity contribution >= 4 is 15.9 Å². The van der Waals surface area contributed by atoms with Gasteiger partial charge in [0.25, 0.3) is 0 Å². The number of alkyl halides is 3. The molecule has 0 fully saturated rings. The first-order chi connectivity index (χ1) is 9.89. The molecule has 0 amide bonds. The summed E-state index contributed by atoms with van der Waals surface area (Å²) in [7, 11) is 0. The Labute approximate surface area is 131 Å². The predicted octanol–water partition coefficient (Wildman–Crippen LogP) is 5.78. The SMILES string of the molecule is OC(/C1=C/CCCCCC1)c1cc(C(F)(F)F)ccc1Br. The van der Waals surface area contributed by atoms with Crippen molar-refractivity contribution < 1.29 is 18.3 Å². The summed E-state index contributed by atoms with van der Waals surface area (Å²) in [5.74, 6) is 0. The zero-order chi connectivity index (χ0) is 15.5. The fraction of sp³-hybridized carbons (Fsp3) is 0.500. The van der Waals surface area contributed by atoms with E-state index in [0.717, 1.165) is 49.8 Å². The van der Waals surface area contributed by atoms with Gasteiger partial charge in [0.05, 0.1) is 5.56 Å². The Hall–Kier alpha value is -0.810. The number of rotatable bonds is 2. The van der Waals surface area contributed by atoms with Crippen LogP contribution in [-0.2, 0) is 6.18 Å². The highest BCUT2D eigenvalue weighted by Crippen LogP contribution is 2.37.